The van der Waals surface area contributed by atoms with Crippen LogP contribution in [0.15, 0.2) is 35.6 Å². The quantitative estimate of drug-likeness (QED) is 0.368. The SMILES string of the molecule is NC=C(C=NCC(F)(F)F)c1ccc(F)c(-c2cnc(N)c(C(=O)NC3CNCC(F)C3)n2)c1. The first kappa shape index (κ1) is 25.0. The van der Waals surface area contributed by atoms with Gasteiger partial charge in [0, 0.05) is 49.1 Å². The van der Waals surface area contributed by atoms with Gasteiger partial charge in [-0.2, -0.15) is 13.2 Å². The number of amides is 1. The second kappa shape index (κ2) is 10.5. The maximum absolute atomic E-state index is 14.6. The first-order valence-corrected chi connectivity index (χ1v) is 10.1. The fourth-order valence-corrected chi connectivity index (χ4v) is 3.31. The molecule has 1 aromatic heterocycles. The standard InChI is InChI=1S/C21H22F5N7O/c22-13-4-14(8-29-7-13)32-20(34)18-19(28)31-9-17(33-18)15-3-11(1-2-16(15)23)12(5-27)6-30-10-21(24,25)26/h1-3,5-6,9,13-14,29H,4,7-8,10,27H2,(H2,28,31)(H,32,34). The minimum absolute atomic E-state index is 0.0487. The lowest BCUT2D eigenvalue weighted by molar-refractivity contribution is -0.118. The Balaban J connectivity index is 1.87. The number of aromatic nitrogens is 2. The van der Waals surface area contributed by atoms with Crippen LogP contribution in [0.5, 0.6) is 0 Å². The van der Waals surface area contributed by atoms with Crippen LogP contribution in [0.1, 0.15) is 22.5 Å². The predicted molar refractivity (Wildman–Crippen MR) is 117 cm³/mol. The molecule has 2 heterocycles. The summed E-state index contributed by atoms with van der Waals surface area (Å²) in [6.45, 7) is -0.848. The van der Waals surface area contributed by atoms with Crippen molar-refractivity contribution >= 4 is 23.5 Å². The number of nitrogen functional groups attached to an aromatic ring is 1. The van der Waals surface area contributed by atoms with Crippen LogP contribution in [0, 0.1) is 5.82 Å². The van der Waals surface area contributed by atoms with Crippen molar-refractivity contribution in [3.8, 4) is 11.3 Å². The average molecular weight is 483 g/mol. The molecule has 0 aliphatic carbocycles. The van der Waals surface area contributed by atoms with Crippen LogP contribution in [-0.4, -0.2) is 60.1 Å². The largest absolute Gasteiger partial charge is 0.407 e. The van der Waals surface area contributed by atoms with Crippen molar-refractivity contribution in [1.82, 2.24) is 20.6 Å². The number of alkyl halides is 4. The number of piperidine rings is 1. The second-order valence-electron chi connectivity index (χ2n) is 7.55. The fourth-order valence-electron chi connectivity index (χ4n) is 3.31. The van der Waals surface area contributed by atoms with Gasteiger partial charge in [-0.05, 0) is 17.7 Å². The van der Waals surface area contributed by atoms with E-state index < -0.39 is 36.7 Å². The summed E-state index contributed by atoms with van der Waals surface area (Å²) in [5.41, 5.74) is 11.2. The van der Waals surface area contributed by atoms with E-state index in [2.05, 4.69) is 25.6 Å². The number of hydrogen-bond acceptors (Lipinski definition) is 7. The summed E-state index contributed by atoms with van der Waals surface area (Å²) in [6.07, 6.45) is -2.38. The van der Waals surface area contributed by atoms with Gasteiger partial charge in [0.15, 0.2) is 11.5 Å². The van der Waals surface area contributed by atoms with E-state index in [4.69, 9.17) is 11.5 Å². The van der Waals surface area contributed by atoms with E-state index in [0.717, 1.165) is 24.7 Å². The lowest BCUT2D eigenvalue weighted by atomic mass is 10.0. The topological polar surface area (TPSA) is 131 Å². The van der Waals surface area contributed by atoms with Crippen molar-refractivity contribution in [2.45, 2.75) is 24.8 Å². The molecule has 1 saturated heterocycles. The van der Waals surface area contributed by atoms with E-state index in [9.17, 15) is 26.7 Å². The van der Waals surface area contributed by atoms with Gasteiger partial charge in [0.2, 0.25) is 0 Å². The Morgan fingerprint density at radius 3 is 2.76 bits per heavy atom. The zero-order chi connectivity index (χ0) is 24.9. The number of nitrogens with one attached hydrogen (secondary N) is 2. The Morgan fingerprint density at radius 2 is 2.09 bits per heavy atom. The smallest absolute Gasteiger partial charge is 0.404 e. The molecule has 1 amide bonds. The average Bonchev–Trinajstić information content (AvgIpc) is 2.77. The van der Waals surface area contributed by atoms with Crippen molar-refractivity contribution in [3.05, 3.63) is 47.7 Å². The number of hydrogen-bond donors (Lipinski definition) is 4. The van der Waals surface area contributed by atoms with Gasteiger partial charge in [-0.25, -0.2) is 18.7 Å². The molecule has 0 saturated carbocycles. The van der Waals surface area contributed by atoms with Crippen LogP contribution in [0.4, 0.5) is 27.8 Å². The highest BCUT2D eigenvalue weighted by molar-refractivity contribution is 6.10. The number of anilines is 1. The highest BCUT2D eigenvalue weighted by Gasteiger charge is 2.26. The van der Waals surface area contributed by atoms with Crippen LogP contribution >= 0.6 is 0 Å². The molecule has 8 nitrogen and oxygen atoms in total. The third-order valence-electron chi connectivity index (χ3n) is 4.90. The van der Waals surface area contributed by atoms with E-state index in [1.807, 2.05) is 0 Å². The Labute approximate surface area is 191 Å². The number of carbonyl (C=O) groups is 1. The van der Waals surface area contributed by atoms with Gasteiger partial charge >= 0.3 is 6.18 Å². The number of allylic oxidation sites excluding steroid dienone is 1. The lowest BCUT2D eigenvalue weighted by Crippen LogP contribution is -2.49. The van der Waals surface area contributed by atoms with Crippen molar-refractivity contribution in [2.75, 3.05) is 25.4 Å². The molecule has 1 fully saturated rings. The zero-order valence-electron chi connectivity index (χ0n) is 17.7. The molecule has 1 aliphatic heterocycles. The normalized spacial score (nSPS) is 19.4. The number of halogens is 5. The highest BCUT2D eigenvalue weighted by atomic mass is 19.4. The molecule has 2 aromatic rings. The van der Waals surface area contributed by atoms with E-state index >= 15 is 0 Å². The molecule has 0 spiro atoms. The molecule has 3 rings (SSSR count). The Morgan fingerprint density at radius 1 is 1.32 bits per heavy atom. The summed E-state index contributed by atoms with van der Waals surface area (Å²) >= 11 is 0. The van der Waals surface area contributed by atoms with Gasteiger partial charge in [-0.3, -0.25) is 9.79 Å². The number of aliphatic imine (C=N–C) groups is 1. The molecule has 2 unspecified atom stereocenters. The Bertz CT molecular complexity index is 1100. The van der Waals surface area contributed by atoms with Gasteiger partial charge < -0.3 is 22.1 Å². The van der Waals surface area contributed by atoms with Crippen molar-refractivity contribution < 1.29 is 26.7 Å². The van der Waals surface area contributed by atoms with Crippen LogP contribution in [-0.2, 0) is 0 Å². The molecular formula is C21H22F5N7O. The summed E-state index contributed by atoms with van der Waals surface area (Å²) in [7, 11) is 0. The Kier molecular flexibility index (Phi) is 7.76. The maximum Gasteiger partial charge on any atom is 0.407 e. The molecule has 1 aromatic carbocycles. The van der Waals surface area contributed by atoms with Gasteiger partial charge in [0.1, 0.15) is 18.5 Å². The number of rotatable bonds is 6. The molecule has 0 bridgehead atoms. The Hall–Kier alpha value is -3.61. The van der Waals surface area contributed by atoms with Crippen molar-refractivity contribution in [3.63, 3.8) is 0 Å². The molecule has 1 aliphatic rings. The third-order valence-corrected chi connectivity index (χ3v) is 4.90. The molecule has 13 heteroatoms. The summed E-state index contributed by atoms with van der Waals surface area (Å²) in [4.78, 5) is 24.0. The minimum atomic E-state index is -4.49. The number of carbonyl (C=O) groups excluding carboxylic acids is 1. The number of benzene rings is 1. The summed E-state index contributed by atoms with van der Waals surface area (Å²) in [5.74, 6) is -1.64. The predicted octanol–water partition coefficient (Wildman–Crippen LogP) is 2.23. The zero-order valence-corrected chi connectivity index (χ0v) is 17.7. The maximum atomic E-state index is 14.6. The second-order valence-corrected chi connectivity index (χ2v) is 7.55. The van der Waals surface area contributed by atoms with Crippen LogP contribution in [0.2, 0.25) is 0 Å². The lowest BCUT2D eigenvalue weighted by Gasteiger charge is -2.26. The molecule has 0 radical (unpaired) electrons. The first-order valence-electron chi connectivity index (χ1n) is 10.1. The number of nitrogens with two attached hydrogens (primary N) is 2. The minimum Gasteiger partial charge on any atom is -0.404 e. The van der Waals surface area contributed by atoms with E-state index in [0.29, 0.717) is 6.54 Å². The number of nitrogens with zero attached hydrogens (tertiary/aromatic N) is 3. The van der Waals surface area contributed by atoms with Crippen LogP contribution in [0.25, 0.3) is 16.8 Å². The third kappa shape index (κ3) is 6.47. The monoisotopic (exact) mass is 483 g/mol. The van der Waals surface area contributed by atoms with E-state index in [-0.39, 0.29) is 46.9 Å². The van der Waals surface area contributed by atoms with Crippen LogP contribution in [0.3, 0.4) is 0 Å². The van der Waals surface area contributed by atoms with Gasteiger partial charge in [0.05, 0.1) is 11.9 Å². The van der Waals surface area contributed by atoms with Gasteiger partial charge in [0.25, 0.3) is 5.91 Å². The van der Waals surface area contributed by atoms with E-state index in [1.54, 1.807) is 0 Å². The summed E-state index contributed by atoms with van der Waals surface area (Å²) in [5, 5.41) is 5.47. The molecule has 6 N–H and O–H groups in total. The van der Waals surface area contributed by atoms with E-state index in [1.165, 1.54) is 12.1 Å². The molecule has 182 valence electrons. The van der Waals surface area contributed by atoms with Crippen LogP contribution < -0.4 is 22.1 Å². The molecule has 34 heavy (non-hydrogen) atoms. The molecule has 2 atom stereocenters. The van der Waals surface area contributed by atoms with Crippen molar-refractivity contribution in [2.24, 2.45) is 10.7 Å². The van der Waals surface area contributed by atoms with Gasteiger partial charge in [-0.1, -0.05) is 6.07 Å². The summed E-state index contributed by atoms with van der Waals surface area (Å²) < 4.78 is 65.3. The highest BCUT2D eigenvalue weighted by Crippen LogP contribution is 2.26. The van der Waals surface area contributed by atoms with Gasteiger partial charge in [-0.15, -0.1) is 0 Å². The fraction of sp³-hybridized carbons (Fsp3) is 0.333. The van der Waals surface area contributed by atoms with Crippen molar-refractivity contribution in [1.29, 1.82) is 0 Å². The first-order chi connectivity index (χ1) is 16.1. The molecular weight excluding hydrogens is 461 g/mol. The summed E-state index contributed by atoms with van der Waals surface area (Å²) in [6, 6.07) is 3.17.